The molecule has 0 aliphatic carbocycles. The molecule has 0 amide bonds. The molecule has 0 N–H and O–H groups in total. The Morgan fingerprint density at radius 1 is 1.17 bits per heavy atom. The van der Waals surface area contributed by atoms with Crippen molar-refractivity contribution in [1.82, 2.24) is 0 Å². The maximum atomic E-state index is 12.6. The van der Waals surface area contributed by atoms with Gasteiger partial charge in [-0.1, -0.05) is 18.2 Å². The van der Waals surface area contributed by atoms with Crippen molar-refractivity contribution < 1.29 is 28.7 Å². The largest absolute Gasteiger partial charge is 0.490 e. The third-order valence-electron chi connectivity index (χ3n) is 5.10. The zero-order valence-corrected chi connectivity index (χ0v) is 21.3. The highest BCUT2D eigenvalue weighted by atomic mass is 127. The van der Waals surface area contributed by atoms with E-state index in [0.29, 0.717) is 38.2 Å². The number of hydrogen-bond donors (Lipinski definition) is 0. The van der Waals surface area contributed by atoms with Crippen LogP contribution in [-0.4, -0.2) is 29.4 Å². The summed E-state index contributed by atoms with van der Waals surface area (Å²) >= 11 is 2.03. The number of carbonyl (C=O) groups excluding carboxylic acids is 2. The van der Waals surface area contributed by atoms with E-state index in [0.717, 1.165) is 0 Å². The van der Waals surface area contributed by atoms with Crippen molar-refractivity contribution in [1.29, 1.82) is 0 Å². The minimum Gasteiger partial charge on any atom is -0.490 e. The monoisotopic (exact) mass is 598 g/mol. The van der Waals surface area contributed by atoms with E-state index in [9.17, 15) is 19.7 Å². The van der Waals surface area contributed by atoms with E-state index in [1.807, 2.05) is 22.6 Å². The van der Waals surface area contributed by atoms with Crippen molar-refractivity contribution in [2.24, 2.45) is 4.99 Å². The summed E-state index contributed by atoms with van der Waals surface area (Å²) in [6.07, 6.45) is 1.53. The maximum absolute atomic E-state index is 12.6. The van der Waals surface area contributed by atoms with Gasteiger partial charge in [-0.25, -0.2) is 14.6 Å². The van der Waals surface area contributed by atoms with Crippen LogP contribution in [0.25, 0.3) is 6.08 Å². The molecule has 1 aliphatic heterocycles. The van der Waals surface area contributed by atoms with Gasteiger partial charge >= 0.3 is 11.9 Å². The van der Waals surface area contributed by atoms with Gasteiger partial charge in [0, 0.05) is 17.2 Å². The zero-order valence-electron chi connectivity index (χ0n) is 19.2. The highest BCUT2D eigenvalue weighted by Gasteiger charge is 2.26. The lowest BCUT2D eigenvalue weighted by Gasteiger charge is -2.13. The summed E-state index contributed by atoms with van der Waals surface area (Å²) < 4.78 is 17.2. The molecule has 0 bridgehead atoms. The summed E-state index contributed by atoms with van der Waals surface area (Å²) in [4.78, 5) is 39.9. The van der Waals surface area contributed by atoms with Gasteiger partial charge in [-0.3, -0.25) is 10.1 Å². The molecule has 36 heavy (non-hydrogen) atoms. The molecule has 4 rings (SSSR count). The molecule has 3 aromatic carbocycles. The molecule has 0 aromatic heterocycles. The SMILES string of the molecule is CCOc1cc(/C=C2\N=C(c3ccc([N+](=O)[O-])c(C)c3)OC2=O)cc(I)c1OC(=O)c1ccccc1. The Morgan fingerprint density at radius 3 is 2.58 bits per heavy atom. The van der Waals surface area contributed by atoms with Crippen LogP contribution in [0.4, 0.5) is 5.69 Å². The lowest BCUT2D eigenvalue weighted by Crippen LogP contribution is -2.10. The van der Waals surface area contributed by atoms with E-state index in [4.69, 9.17) is 14.2 Å². The number of benzene rings is 3. The quantitative estimate of drug-likeness (QED) is 0.0884. The van der Waals surface area contributed by atoms with Gasteiger partial charge in [0.25, 0.3) is 5.69 Å². The number of nitro benzene ring substituents is 1. The molecule has 182 valence electrons. The first-order valence-corrected chi connectivity index (χ1v) is 11.9. The van der Waals surface area contributed by atoms with Gasteiger partial charge < -0.3 is 14.2 Å². The third-order valence-corrected chi connectivity index (χ3v) is 5.90. The van der Waals surface area contributed by atoms with E-state index in [2.05, 4.69) is 4.99 Å². The van der Waals surface area contributed by atoms with Crippen LogP contribution >= 0.6 is 22.6 Å². The van der Waals surface area contributed by atoms with E-state index < -0.39 is 16.9 Å². The number of halogens is 1. The summed E-state index contributed by atoms with van der Waals surface area (Å²) in [5.74, 6) is -0.520. The Morgan fingerprint density at radius 2 is 1.92 bits per heavy atom. The van der Waals surface area contributed by atoms with Gasteiger partial charge in [0.15, 0.2) is 17.2 Å². The topological polar surface area (TPSA) is 117 Å². The molecule has 0 fully saturated rings. The number of nitrogens with zero attached hydrogens (tertiary/aromatic N) is 2. The Labute approximate surface area is 219 Å². The molecule has 3 aromatic rings. The first kappa shape index (κ1) is 25.0. The number of hydrogen-bond acceptors (Lipinski definition) is 8. The predicted molar refractivity (Wildman–Crippen MR) is 140 cm³/mol. The molecule has 0 spiro atoms. The number of aryl methyl sites for hydroxylation is 1. The number of nitro groups is 1. The van der Waals surface area contributed by atoms with Gasteiger partial charge in [-0.2, -0.15) is 0 Å². The minimum atomic E-state index is -0.659. The fourth-order valence-corrected chi connectivity index (χ4v) is 4.18. The number of rotatable bonds is 7. The molecule has 0 atom stereocenters. The van der Waals surface area contributed by atoms with E-state index in [-0.39, 0.29) is 23.0 Å². The summed E-state index contributed by atoms with van der Waals surface area (Å²) in [6, 6.07) is 16.3. The van der Waals surface area contributed by atoms with Crippen LogP contribution in [0.5, 0.6) is 11.5 Å². The Hall–Kier alpha value is -4.06. The van der Waals surface area contributed by atoms with Crippen molar-refractivity contribution in [2.75, 3.05) is 6.61 Å². The molecular weight excluding hydrogens is 579 g/mol. The van der Waals surface area contributed by atoms with Crippen LogP contribution in [0, 0.1) is 20.6 Å². The van der Waals surface area contributed by atoms with Crippen LogP contribution in [0.15, 0.2) is 71.4 Å². The second kappa shape index (κ2) is 10.7. The van der Waals surface area contributed by atoms with Crippen LogP contribution in [0.1, 0.15) is 34.0 Å². The summed E-state index contributed by atoms with van der Waals surface area (Å²) in [5.41, 5.74) is 1.87. The smallest absolute Gasteiger partial charge is 0.363 e. The lowest BCUT2D eigenvalue weighted by molar-refractivity contribution is -0.385. The summed E-state index contributed by atoms with van der Waals surface area (Å²) in [5, 5.41) is 11.1. The average molecular weight is 598 g/mol. The second-order valence-corrected chi connectivity index (χ2v) is 8.78. The van der Waals surface area contributed by atoms with Crippen molar-refractivity contribution in [3.63, 3.8) is 0 Å². The molecule has 0 unspecified atom stereocenters. The van der Waals surface area contributed by atoms with Crippen molar-refractivity contribution >= 4 is 52.2 Å². The highest BCUT2D eigenvalue weighted by Crippen LogP contribution is 2.36. The lowest BCUT2D eigenvalue weighted by atomic mass is 10.1. The fourth-order valence-electron chi connectivity index (χ4n) is 3.44. The summed E-state index contributed by atoms with van der Waals surface area (Å²) in [6.45, 7) is 3.73. The van der Waals surface area contributed by atoms with Crippen molar-refractivity contribution in [2.45, 2.75) is 13.8 Å². The number of carbonyl (C=O) groups is 2. The minimum absolute atomic E-state index is 0.0366. The second-order valence-electron chi connectivity index (χ2n) is 7.61. The zero-order chi connectivity index (χ0) is 25.8. The van der Waals surface area contributed by atoms with Crippen molar-refractivity contribution in [3.05, 3.63) is 102 Å². The van der Waals surface area contributed by atoms with Gasteiger partial charge in [0.2, 0.25) is 5.90 Å². The normalized spacial score (nSPS) is 13.8. The molecule has 0 saturated heterocycles. The standard InChI is InChI=1S/C26H19IN2O7/c1-3-34-22-14-16(12-19(27)23(22)35-25(30)17-7-5-4-6-8-17)13-20-26(31)36-24(28-20)18-9-10-21(29(32)33)15(2)11-18/h4-14H,3H2,1-2H3/b20-13-. The van der Waals surface area contributed by atoms with Gasteiger partial charge in [-0.05, 0) is 84.5 Å². The molecule has 1 heterocycles. The van der Waals surface area contributed by atoms with Crippen LogP contribution < -0.4 is 9.47 Å². The van der Waals surface area contributed by atoms with Crippen molar-refractivity contribution in [3.8, 4) is 11.5 Å². The first-order chi connectivity index (χ1) is 17.3. The maximum Gasteiger partial charge on any atom is 0.363 e. The number of aliphatic imine (C=N–C) groups is 1. The van der Waals surface area contributed by atoms with Gasteiger partial charge in [0.1, 0.15) is 0 Å². The first-order valence-electron chi connectivity index (χ1n) is 10.8. The average Bonchev–Trinajstić information content (AvgIpc) is 3.21. The number of esters is 2. The van der Waals surface area contributed by atoms with Crippen LogP contribution in [0.2, 0.25) is 0 Å². The molecule has 0 saturated carbocycles. The molecule has 9 nitrogen and oxygen atoms in total. The molecule has 1 aliphatic rings. The Balaban J connectivity index is 1.64. The number of ether oxygens (including phenoxy) is 3. The van der Waals surface area contributed by atoms with E-state index >= 15 is 0 Å². The fraction of sp³-hybridized carbons (Fsp3) is 0.115. The van der Waals surface area contributed by atoms with Gasteiger partial charge in [0.05, 0.1) is 20.7 Å². The van der Waals surface area contributed by atoms with Gasteiger partial charge in [-0.15, -0.1) is 0 Å². The number of cyclic esters (lactones) is 1. The molecule has 10 heteroatoms. The van der Waals surface area contributed by atoms with Crippen LogP contribution in [0.3, 0.4) is 0 Å². The molecule has 0 radical (unpaired) electrons. The van der Waals surface area contributed by atoms with E-state index in [1.54, 1.807) is 62.4 Å². The predicted octanol–water partition coefficient (Wildman–Crippen LogP) is 5.47. The Kier molecular flexibility index (Phi) is 7.44. The van der Waals surface area contributed by atoms with Crippen LogP contribution in [-0.2, 0) is 9.53 Å². The Bertz CT molecular complexity index is 1430. The third kappa shape index (κ3) is 5.43. The summed E-state index contributed by atoms with van der Waals surface area (Å²) in [7, 11) is 0. The highest BCUT2D eigenvalue weighted by molar-refractivity contribution is 14.1. The molecular formula is C26H19IN2O7. The van der Waals surface area contributed by atoms with E-state index in [1.165, 1.54) is 18.2 Å².